The molecule has 0 amide bonds. The van der Waals surface area contributed by atoms with Crippen LogP contribution in [0.5, 0.6) is 0 Å². The molecule has 0 fully saturated rings. The third-order valence-corrected chi connectivity index (χ3v) is 1.83. The number of aliphatic hydroxyl groups is 1. The summed E-state index contributed by atoms with van der Waals surface area (Å²) in [5.41, 5.74) is -2.74. The minimum atomic E-state index is -2.74. The number of rotatable bonds is 7. The van der Waals surface area contributed by atoms with Crippen LogP contribution in [0.4, 0.5) is 0 Å². The standard InChI is InChI=1S/C6H8O7.C3H6O2S/c7-3(8)1-6(13,5(11)12)2-4(9)10;4-3(5)1-2-6/h13H,1-2H2,(H,7,8)(H,9,10)(H,11,12);6H,1-2H2,(H,4,5). The van der Waals surface area contributed by atoms with Crippen molar-refractivity contribution in [2.45, 2.75) is 24.9 Å². The summed E-state index contributed by atoms with van der Waals surface area (Å²) in [7, 11) is 0. The van der Waals surface area contributed by atoms with Crippen molar-refractivity contribution in [1.82, 2.24) is 0 Å². The van der Waals surface area contributed by atoms with Crippen LogP contribution in [0.1, 0.15) is 19.3 Å². The first-order valence-electron chi connectivity index (χ1n) is 4.77. The van der Waals surface area contributed by atoms with Gasteiger partial charge in [-0.05, 0) is 0 Å². The molecular weight excluding hydrogens is 284 g/mol. The minimum Gasteiger partial charge on any atom is -0.481 e. The Kier molecular flexibility index (Phi) is 9.42. The lowest BCUT2D eigenvalue weighted by Crippen LogP contribution is -2.42. The molecule has 0 aliphatic heterocycles. The van der Waals surface area contributed by atoms with Crippen molar-refractivity contribution >= 4 is 36.5 Å². The van der Waals surface area contributed by atoms with E-state index in [2.05, 4.69) is 12.6 Å². The van der Waals surface area contributed by atoms with Crippen LogP contribution in [0, 0.1) is 0 Å². The second kappa shape index (κ2) is 9.16. The molecule has 5 N–H and O–H groups in total. The molecule has 9 nitrogen and oxygen atoms in total. The maximum atomic E-state index is 10.3. The molecule has 10 heteroatoms. The second-order valence-corrected chi connectivity index (χ2v) is 3.79. The number of hydrogen-bond donors (Lipinski definition) is 6. The fraction of sp³-hybridized carbons (Fsp3) is 0.556. The topological polar surface area (TPSA) is 169 Å². The second-order valence-electron chi connectivity index (χ2n) is 3.35. The Bertz CT molecular complexity index is 336. The van der Waals surface area contributed by atoms with Crippen molar-refractivity contribution in [1.29, 1.82) is 0 Å². The van der Waals surface area contributed by atoms with E-state index in [1.165, 1.54) is 0 Å². The Labute approximate surface area is 112 Å². The molecule has 0 spiro atoms. The summed E-state index contributed by atoms with van der Waals surface area (Å²) in [6, 6.07) is 0. The number of carbonyl (C=O) groups is 4. The van der Waals surface area contributed by atoms with Crippen molar-refractivity contribution in [2.75, 3.05) is 5.75 Å². The van der Waals surface area contributed by atoms with E-state index in [9.17, 15) is 19.2 Å². The van der Waals surface area contributed by atoms with E-state index in [1.54, 1.807) is 0 Å². The molecule has 0 unspecified atom stereocenters. The number of aliphatic carboxylic acids is 4. The van der Waals surface area contributed by atoms with Gasteiger partial charge in [0.25, 0.3) is 0 Å². The van der Waals surface area contributed by atoms with E-state index < -0.39 is 42.3 Å². The summed E-state index contributed by atoms with van der Waals surface area (Å²) in [6.07, 6.45) is -2.13. The highest BCUT2D eigenvalue weighted by Crippen LogP contribution is 2.15. The van der Waals surface area contributed by atoms with Crippen LogP contribution in [0.3, 0.4) is 0 Å². The average Bonchev–Trinajstić information content (AvgIpc) is 2.14. The summed E-state index contributed by atoms with van der Waals surface area (Å²) >= 11 is 3.68. The Balaban J connectivity index is 0. The van der Waals surface area contributed by atoms with Gasteiger partial charge >= 0.3 is 23.9 Å². The summed E-state index contributed by atoms with van der Waals surface area (Å²) in [5.74, 6) is -5.38. The Morgan fingerprint density at radius 1 is 0.842 bits per heavy atom. The first-order chi connectivity index (χ1) is 8.55. The van der Waals surface area contributed by atoms with Crippen molar-refractivity contribution in [2.24, 2.45) is 0 Å². The van der Waals surface area contributed by atoms with Gasteiger partial charge in [-0.25, -0.2) is 4.79 Å². The average molecular weight is 298 g/mol. The predicted octanol–water partition coefficient (Wildman–Crippen LogP) is -0.858. The smallest absolute Gasteiger partial charge is 0.336 e. The Morgan fingerprint density at radius 3 is 1.32 bits per heavy atom. The van der Waals surface area contributed by atoms with Crippen molar-refractivity contribution in [3.05, 3.63) is 0 Å². The van der Waals surface area contributed by atoms with Crippen LogP contribution in [0.2, 0.25) is 0 Å². The van der Waals surface area contributed by atoms with Gasteiger partial charge in [-0.2, -0.15) is 12.6 Å². The SMILES string of the molecule is O=C(O)CC(O)(CC(=O)O)C(=O)O.O=C(O)CCS. The van der Waals surface area contributed by atoms with Gasteiger partial charge in [0.2, 0.25) is 0 Å². The molecule has 0 bridgehead atoms. The molecule has 0 saturated heterocycles. The van der Waals surface area contributed by atoms with E-state index in [-0.39, 0.29) is 6.42 Å². The van der Waals surface area contributed by atoms with Gasteiger partial charge < -0.3 is 25.5 Å². The van der Waals surface area contributed by atoms with Crippen LogP contribution >= 0.6 is 12.6 Å². The van der Waals surface area contributed by atoms with E-state index in [1.807, 2.05) is 0 Å². The van der Waals surface area contributed by atoms with E-state index in [0.29, 0.717) is 5.75 Å². The molecule has 0 aromatic rings. The third kappa shape index (κ3) is 11.0. The minimum absolute atomic E-state index is 0.156. The Hall–Kier alpha value is -1.81. The van der Waals surface area contributed by atoms with Crippen molar-refractivity contribution in [3.63, 3.8) is 0 Å². The number of carboxylic acids is 4. The summed E-state index contributed by atoms with van der Waals surface area (Å²) in [6.45, 7) is 0. The molecule has 110 valence electrons. The van der Waals surface area contributed by atoms with Crippen LogP contribution in [0.25, 0.3) is 0 Å². The fourth-order valence-electron chi connectivity index (χ4n) is 0.810. The maximum Gasteiger partial charge on any atom is 0.336 e. The fourth-order valence-corrected chi connectivity index (χ4v) is 1.00. The lowest BCUT2D eigenvalue weighted by molar-refractivity contribution is -0.170. The quantitative estimate of drug-likeness (QED) is 0.327. The molecule has 19 heavy (non-hydrogen) atoms. The van der Waals surface area contributed by atoms with Crippen LogP contribution in [-0.2, 0) is 19.2 Å². The lowest BCUT2D eigenvalue weighted by Gasteiger charge is -2.18. The van der Waals surface area contributed by atoms with Gasteiger partial charge in [0.05, 0.1) is 19.3 Å². The van der Waals surface area contributed by atoms with Crippen LogP contribution < -0.4 is 0 Å². The highest BCUT2D eigenvalue weighted by atomic mass is 32.1. The summed E-state index contributed by atoms with van der Waals surface area (Å²) < 4.78 is 0. The monoisotopic (exact) mass is 298 g/mol. The molecule has 0 aliphatic rings. The molecule has 0 heterocycles. The summed E-state index contributed by atoms with van der Waals surface area (Å²) in [5, 5.41) is 41.7. The summed E-state index contributed by atoms with van der Waals surface area (Å²) in [4.78, 5) is 40.0. The van der Waals surface area contributed by atoms with E-state index in [0.717, 1.165) is 0 Å². The predicted molar refractivity (Wildman–Crippen MR) is 63.2 cm³/mol. The van der Waals surface area contributed by atoms with Crippen LogP contribution in [0.15, 0.2) is 0 Å². The largest absolute Gasteiger partial charge is 0.481 e. The third-order valence-electron chi connectivity index (χ3n) is 1.61. The number of thiol groups is 1. The van der Waals surface area contributed by atoms with E-state index in [4.69, 9.17) is 25.5 Å². The molecule has 0 aromatic heterocycles. The molecule has 0 saturated carbocycles. The van der Waals surface area contributed by atoms with Gasteiger partial charge in [0.1, 0.15) is 0 Å². The van der Waals surface area contributed by atoms with Gasteiger partial charge in [0, 0.05) is 5.75 Å². The highest BCUT2D eigenvalue weighted by Gasteiger charge is 2.40. The highest BCUT2D eigenvalue weighted by molar-refractivity contribution is 7.80. The number of carboxylic acid groups (broad SMARTS) is 4. The van der Waals surface area contributed by atoms with Gasteiger partial charge in [-0.3, -0.25) is 14.4 Å². The van der Waals surface area contributed by atoms with Crippen molar-refractivity contribution < 1.29 is 44.7 Å². The molecule has 0 radical (unpaired) electrons. The zero-order valence-corrected chi connectivity index (χ0v) is 10.5. The molecular formula is C9H14O9S. The van der Waals surface area contributed by atoms with Gasteiger partial charge in [-0.1, -0.05) is 0 Å². The normalized spacial score (nSPS) is 10.0. The molecule has 0 aliphatic carbocycles. The lowest BCUT2D eigenvalue weighted by atomic mass is 9.96. The first-order valence-corrected chi connectivity index (χ1v) is 5.40. The van der Waals surface area contributed by atoms with Crippen molar-refractivity contribution in [3.8, 4) is 0 Å². The number of hydrogen-bond acceptors (Lipinski definition) is 6. The van der Waals surface area contributed by atoms with Crippen LogP contribution in [-0.4, -0.2) is 60.8 Å². The molecule has 0 aromatic carbocycles. The van der Waals surface area contributed by atoms with Gasteiger partial charge in [0.15, 0.2) is 5.60 Å². The first kappa shape index (κ1) is 19.5. The maximum absolute atomic E-state index is 10.3. The Morgan fingerprint density at radius 2 is 1.21 bits per heavy atom. The zero-order valence-electron chi connectivity index (χ0n) is 9.64. The van der Waals surface area contributed by atoms with E-state index >= 15 is 0 Å². The molecule has 0 rings (SSSR count). The van der Waals surface area contributed by atoms with Gasteiger partial charge in [-0.15, -0.1) is 0 Å². The molecule has 0 atom stereocenters. The zero-order chi connectivity index (χ0) is 15.6.